The molecule has 1 aliphatic rings. The van der Waals surface area contributed by atoms with Crippen LogP contribution in [-0.4, -0.2) is 23.4 Å². The predicted octanol–water partition coefficient (Wildman–Crippen LogP) is 5.47. The lowest BCUT2D eigenvalue weighted by atomic mass is 10.2. The molecule has 1 heterocycles. The number of ether oxygens (including phenoxy) is 1. The van der Waals surface area contributed by atoms with E-state index in [1.807, 2.05) is 36.4 Å². The monoisotopic (exact) mass is 556 g/mol. The number of carbonyl (C=O) groups excluding carboxylic acids is 2. The highest BCUT2D eigenvalue weighted by atomic mass is 79.9. The Bertz CT molecular complexity index is 903. The van der Waals surface area contributed by atoms with E-state index < -0.39 is 6.03 Å². The number of likely N-dealkylation sites (N-methyl/N-ethyl adjacent to an activating group) is 1. The zero-order chi connectivity index (χ0) is 19.6. The van der Waals surface area contributed by atoms with Gasteiger partial charge in [-0.25, -0.2) is 4.79 Å². The third kappa shape index (κ3) is 4.62. The van der Waals surface area contributed by atoms with Crippen molar-refractivity contribution in [2.75, 3.05) is 6.54 Å². The largest absolute Gasteiger partial charge is 0.487 e. The van der Waals surface area contributed by atoms with Gasteiger partial charge in [-0.05, 0) is 80.3 Å². The van der Waals surface area contributed by atoms with Crippen LogP contribution in [0, 0.1) is 0 Å². The Balaban J connectivity index is 1.79. The highest BCUT2D eigenvalue weighted by molar-refractivity contribution is 9.11. The quantitative estimate of drug-likeness (QED) is 0.391. The Hall–Kier alpha value is -1.64. The zero-order valence-electron chi connectivity index (χ0n) is 14.3. The predicted molar refractivity (Wildman–Crippen MR) is 114 cm³/mol. The Labute approximate surface area is 182 Å². The molecular weight excluding hydrogens is 544 g/mol. The fourth-order valence-corrected chi connectivity index (χ4v) is 4.28. The van der Waals surface area contributed by atoms with Crippen LogP contribution in [-0.2, 0) is 11.4 Å². The van der Waals surface area contributed by atoms with Crippen LogP contribution in [0.15, 0.2) is 55.5 Å². The van der Waals surface area contributed by atoms with Crippen LogP contribution in [0.25, 0.3) is 6.08 Å². The van der Waals surface area contributed by atoms with E-state index in [-0.39, 0.29) is 11.6 Å². The Morgan fingerprint density at radius 2 is 1.70 bits per heavy atom. The number of amides is 3. The van der Waals surface area contributed by atoms with Gasteiger partial charge >= 0.3 is 6.03 Å². The van der Waals surface area contributed by atoms with Gasteiger partial charge in [-0.15, -0.1) is 0 Å². The van der Waals surface area contributed by atoms with Crippen molar-refractivity contribution >= 4 is 65.8 Å². The zero-order valence-corrected chi connectivity index (χ0v) is 19.0. The van der Waals surface area contributed by atoms with Crippen molar-refractivity contribution in [2.24, 2.45) is 0 Å². The van der Waals surface area contributed by atoms with E-state index in [0.29, 0.717) is 18.9 Å². The van der Waals surface area contributed by atoms with Gasteiger partial charge in [0.2, 0.25) is 0 Å². The smallest absolute Gasteiger partial charge is 0.328 e. The van der Waals surface area contributed by atoms with Crippen LogP contribution in [0.3, 0.4) is 0 Å². The summed E-state index contributed by atoms with van der Waals surface area (Å²) in [4.78, 5) is 25.1. The summed E-state index contributed by atoms with van der Waals surface area (Å²) in [5.41, 5.74) is 2.05. The summed E-state index contributed by atoms with van der Waals surface area (Å²) >= 11 is 10.4. The summed E-state index contributed by atoms with van der Waals surface area (Å²) in [6.45, 7) is 2.51. The summed E-state index contributed by atoms with van der Waals surface area (Å²) in [5, 5.41) is 2.59. The van der Waals surface area contributed by atoms with Crippen LogP contribution in [0.2, 0.25) is 0 Å². The van der Waals surface area contributed by atoms with E-state index in [2.05, 4.69) is 53.1 Å². The van der Waals surface area contributed by atoms with Crippen molar-refractivity contribution in [3.8, 4) is 5.75 Å². The van der Waals surface area contributed by atoms with E-state index in [0.717, 1.165) is 29.4 Å². The SMILES string of the molecule is CCN1C(=O)N/C(=C/c2cc(Br)c(OCc3ccc(Br)cc3)c(Br)c2)C1=O. The van der Waals surface area contributed by atoms with Crippen molar-refractivity contribution in [3.63, 3.8) is 0 Å². The molecule has 3 amide bonds. The van der Waals surface area contributed by atoms with Crippen molar-refractivity contribution in [2.45, 2.75) is 13.5 Å². The van der Waals surface area contributed by atoms with Gasteiger partial charge in [-0.1, -0.05) is 28.1 Å². The van der Waals surface area contributed by atoms with Crippen molar-refractivity contribution in [1.82, 2.24) is 10.2 Å². The average molecular weight is 559 g/mol. The van der Waals surface area contributed by atoms with Gasteiger partial charge in [0.15, 0.2) is 0 Å². The number of urea groups is 1. The number of imide groups is 1. The third-order valence-corrected chi connectivity index (χ3v) is 5.61. The molecule has 8 heteroatoms. The maximum Gasteiger partial charge on any atom is 0.328 e. The fraction of sp³-hybridized carbons (Fsp3) is 0.158. The number of hydrogen-bond donors (Lipinski definition) is 1. The Morgan fingerprint density at radius 3 is 2.26 bits per heavy atom. The molecule has 2 aromatic rings. The molecule has 1 fully saturated rings. The van der Waals surface area contributed by atoms with E-state index >= 15 is 0 Å². The van der Waals surface area contributed by atoms with Crippen LogP contribution in [0.4, 0.5) is 4.79 Å². The number of nitrogens with zero attached hydrogens (tertiary/aromatic N) is 1. The van der Waals surface area contributed by atoms with Gasteiger partial charge in [0, 0.05) is 11.0 Å². The molecular formula is C19H15Br3N2O3. The number of carbonyl (C=O) groups is 2. The molecule has 0 aliphatic carbocycles. The minimum absolute atomic E-state index is 0.254. The number of halogens is 3. The first-order valence-corrected chi connectivity index (χ1v) is 10.5. The van der Waals surface area contributed by atoms with Crippen LogP contribution in [0.5, 0.6) is 5.75 Å². The third-order valence-electron chi connectivity index (χ3n) is 3.91. The molecule has 3 rings (SSSR count). The highest BCUT2D eigenvalue weighted by Gasteiger charge is 2.32. The summed E-state index contributed by atoms with van der Waals surface area (Å²) in [5.74, 6) is 0.336. The van der Waals surface area contributed by atoms with Gasteiger partial charge in [0.1, 0.15) is 18.1 Å². The summed E-state index contributed by atoms with van der Waals surface area (Å²) in [6, 6.07) is 11.2. The molecule has 1 N–H and O–H groups in total. The number of benzene rings is 2. The molecule has 0 aromatic heterocycles. The maximum absolute atomic E-state index is 12.2. The minimum atomic E-state index is -0.402. The summed E-state index contributed by atoms with van der Waals surface area (Å²) in [6.07, 6.45) is 1.64. The molecule has 1 saturated heterocycles. The van der Waals surface area contributed by atoms with Crippen molar-refractivity contribution < 1.29 is 14.3 Å². The second-order valence-electron chi connectivity index (χ2n) is 5.77. The fourth-order valence-electron chi connectivity index (χ4n) is 2.56. The Kier molecular flexibility index (Phi) is 6.39. The van der Waals surface area contributed by atoms with E-state index in [9.17, 15) is 9.59 Å². The molecule has 27 heavy (non-hydrogen) atoms. The summed E-state index contributed by atoms with van der Waals surface area (Å²) < 4.78 is 8.41. The molecule has 5 nitrogen and oxygen atoms in total. The molecule has 0 spiro atoms. The maximum atomic E-state index is 12.2. The molecule has 1 aliphatic heterocycles. The van der Waals surface area contributed by atoms with Gasteiger partial charge in [-0.2, -0.15) is 0 Å². The van der Waals surface area contributed by atoms with Crippen LogP contribution >= 0.6 is 47.8 Å². The van der Waals surface area contributed by atoms with Crippen LogP contribution in [0.1, 0.15) is 18.1 Å². The molecule has 0 saturated carbocycles. The topological polar surface area (TPSA) is 58.6 Å². The minimum Gasteiger partial charge on any atom is -0.487 e. The number of nitrogens with one attached hydrogen (secondary N) is 1. The normalized spacial score (nSPS) is 15.4. The number of rotatable bonds is 5. The highest BCUT2D eigenvalue weighted by Crippen LogP contribution is 2.36. The molecule has 0 atom stereocenters. The van der Waals surface area contributed by atoms with Crippen molar-refractivity contribution in [3.05, 3.63) is 66.6 Å². The lowest BCUT2D eigenvalue weighted by Crippen LogP contribution is -2.30. The molecule has 2 aromatic carbocycles. The Morgan fingerprint density at radius 1 is 1.07 bits per heavy atom. The molecule has 0 radical (unpaired) electrons. The lowest BCUT2D eigenvalue weighted by molar-refractivity contribution is -0.122. The van der Waals surface area contributed by atoms with E-state index in [1.54, 1.807) is 13.0 Å². The van der Waals surface area contributed by atoms with Gasteiger partial charge in [0.25, 0.3) is 5.91 Å². The second-order valence-corrected chi connectivity index (χ2v) is 8.39. The lowest BCUT2D eigenvalue weighted by Gasteiger charge is -2.12. The van der Waals surface area contributed by atoms with Crippen LogP contribution < -0.4 is 10.1 Å². The molecule has 0 bridgehead atoms. The second kappa shape index (κ2) is 8.58. The number of hydrogen-bond acceptors (Lipinski definition) is 3. The first-order valence-electron chi connectivity index (χ1n) is 8.10. The first kappa shape index (κ1) is 20.1. The standard InChI is InChI=1S/C19H15Br3N2O3/c1-2-24-18(25)16(23-19(24)26)9-12-7-14(21)17(15(22)8-12)27-10-11-3-5-13(20)6-4-11/h3-9H,2,10H2,1H3,(H,23,26)/b16-9+. The van der Waals surface area contributed by atoms with E-state index in [4.69, 9.17) is 4.74 Å². The summed E-state index contributed by atoms with van der Waals surface area (Å²) in [7, 11) is 0. The van der Waals surface area contributed by atoms with Gasteiger partial charge in [0.05, 0.1) is 8.95 Å². The molecule has 140 valence electrons. The van der Waals surface area contributed by atoms with E-state index in [1.165, 1.54) is 0 Å². The molecule has 0 unspecified atom stereocenters. The first-order chi connectivity index (χ1) is 12.9. The van der Waals surface area contributed by atoms with Crippen molar-refractivity contribution in [1.29, 1.82) is 0 Å². The van der Waals surface area contributed by atoms with Gasteiger partial charge < -0.3 is 10.1 Å². The average Bonchev–Trinajstić information content (AvgIpc) is 2.88. The van der Waals surface area contributed by atoms with Gasteiger partial charge in [-0.3, -0.25) is 9.69 Å².